The van der Waals surface area contributed by atoms with E-state index in [0.717, 1.165) is 46.9 Å². The molecule has 158 valence electrons. The fraction of sp³-hybridized carbons (Fsp3) is 0.320. The van der Waals surface area contributed by atoms with E-state index in [9.17, 15) is 9.59 Å². The van der Waals surface area contributed by atoms with Crippen molar-refractivity contribution >= 4 is 29.1 Å². The number of Topliss-reactive ketones (excluding diaryl/α,β-unsaturated/α-hetero) is 1. The van der Waals surface area contributed by atoms with E-state index in [1.807, 2.05) is 49.5 Å². The van der Waals surface area contributed by atoms with Gasteiger partial charge in [0.25, 0.3) is 0 Å². The second-order valence-corrected chi connectivity index (χ2v) is 9.59. The fourth-order valence-corrected chi connectivity index (χ4v) is 5.30. The normalized spacial score (nSPS) is 16.3. The van der Waals surface area contributed by atoms with Crippen LogP contribution in [0.15, 0.2) is 59.9 Å². The molecule has 1 amide bonds. The van der Waals surface area contributed by atoms with Crippen molar-refractivity contribution in [2.75, 3.05) is 11.4 Å². The Labute approximate surface area is 186 Å². The summed E-state index contributed by atoms with van der Waals surface area (Å²) in [4.78, 5) is 31.4. The third-order valence-corrected chi connectivity index (χ3v) is 7.12. The van der Waals surface area contributed by atoms with E-state index >= 15 is 0 Å². The smallest absolute Gasteiger partial charge is 0.223 e. The van der Waals surface area contributed by atoms with Gasteiger partial charge in [0, 0.05) is 30.8 Å². The molecule has 1 saturated carbocycles. The standard InChI is InChI=1S/C25H25N3O2S/c1-16(24(30)20-8-11-22-19(14-20)12-13-27(22)17(2)29)31-25-26-15-23(28(25)21-9-10-21)18-6-4-3-5-7-18/h3-8,11,14-16,21H,9-10,12-13H2,1-2H3. The highest BCUT2D eigenvalue weighted by Gasteiger charge is 2.31. The molecule has 5 rings (SSSR count). The zero-order chi connectivity index (χ0) is 21.5. The lowest BCUT2D eigenvalue weighted by Gasteiger charge is -2.16. The Morgan fingerprint density at radius 3 is 2.61 bits per heavy atom. The highest BCUT2D eigenvalue weighted by Crippen LogP contribution is 2.43. The molecule has 1 unspecified atom stereocenters. The quantitative estimate of drug-likeness (QED) is 0.400. The molecular weight excluding hydrogens is 406 g/mol. The van der Waals surface area contributed by atoms with Crippen molar-refractivity contribution in [1.29, 1.82) is 0 Å². The molecule has 0 bridgehead atoms. The number of thioether (sulfide) groups is 1. The summed E-state index contributed by atoms with van der Waals surface area (Å²) < 4.78 is 2.30. The van der Waals surface area contributed by atoms with Gasteiger partial charge in [0.1, 0.15) is 0 Å². The number of rotatable bonds is 6. The van der Waals surface area contributed by atoms with E-state index in [0.29, 0.717) is 18.2 Å². The molecule has 2 aliphatic rings. The largest absolute Gasteiger partial charge is 0.316 e. The van der Waals surface area contributed by atoms with Crippen LogP contribution < -0.4 is 4.90 Å². The van der Waals surface area contributed by atoms with Gasteiger partial charge in [-0.15, -0.1) is 0 Å². The third-order valence-electron chi connectivity index (χ3n) is 6.04. The van der Waals surface area contributed by atoms with E-state index in [1.54, 1.807) is 11.8 Å². The lowest BCUT2D eigenvalue weighted by atomic mass is 10.0. The number of anilines is 1. The van der Waals surface area contributed by atoms with Gasteiger partial charge in [-0.05, 0) is 55.5 Å². The Bertz CT molecular complexity index is 1150. The van der Waals surface area contributed by atoms with E-state index in [1.165, 1.54) is 11.8 Å². The van der Waals surface area contributed by atoms with Crippen molar-refractivity contribution in [3.8, 4) is 11.3 Å². The summed E-state index contributed by atoms with van der Waals surface area (Å²) in [7, 11) is 0. The van der Waals surface area contributed by atoms with Crippen LogP contribution in [0.2, 0.25) is 0 Å². The molecule has 5 nitrogen and oxygen atoms in total. The number of nitrogens with zero attached hydrogens (tertiary/aromatic N) is 3. The van der Waals surface area contributed by atoms with Gasteiger partial charge in [0.05, 0.1) is 17.1 Å². The first-order valence-corrected chi connectivity index (χ1v) is 11.7. The zero-order valence-electron chi connectivity index (χ0n) is 17.7. The number of benzene rings is 2. The average Bonchev–Trinajstić information content (AvgIpc) is 3.39. The van der Waals surface area contributed by atoms with Crippen molar-refractivity contribution < 1.29 is 9.59 Å². The molecule has 6 heteroatoms. The number of fused-ring (bicyclic) bond motifs is 1. The first kappa shape index (κ1) is 20.1. The maximum Gasteiger partial charge on any atom is 0.223 e. The second kappa shape index (κ2) is 8.00. The van der Waals surface area contributed by atoms with Gasteiger partial charge in [0.2, 0.25) is 5.91 Å². The zero-order valence-corrected chi connectivity index (χ0v) is 18.6. The third kappa shape index (κ3) is 3.81. The molecule has 0 radical (unpaired) electrons. The molecule has 2 heterocycles. The first-order valence-electron chi connectivity index (χ1n) is 10.8. The fourth-order valence-electron chi connectivity index (χ4n) is 4.27. The van der Waals surface area contributed by atoms with Crippen LogP contribution in [0.4, 0.5) is 5.69 Å². The monoisotopic (exact) mass is 431 g/mol. The molecule has 1 aromatic heterocycles. The Hall–Kier alpha value is -2.86. The number of imidazole rings is 1. The minimum atomic E-state index is -0.244. The van der Waals surface area contributed by atoms with Crippen LogP contribution in [0, 0.1) is 0 Å². The molecule has 1 aliphatic carbocycles. The van der Waals surface area contributed by atoms with Crippen molar-refractivity contribution in [2.45, 2.75) is 49.6 Å². The van der Waals surface area contributed by atoms with E-state index in [-0.39, 0.29) is 16.9 Å². The lowest BCUT2D eigenvalue weighted by molar-refractivity contribution is -0.116. The van der Waals surface area contributed by atoms with Crippen LogP contribution in [0.3, 0.4) is 0 Å². The minimum absolute atomic E-state index is 0.0443. The van der Waals surface area contributed by atoms with E-state index in [4.69, 9.17) is 0 Å². The van der Waals surface area contributed by atoms with Gasteiger partial charge in [0.15, 0.2) is 10.9 Å². The molecule has 2 aromatic carbocycles. The maximum atomic E-state index is 13.2. The summed E-state index contributed by atoms with van der Waals surface area (Å²) in [6.45, 7) is 4.22. The summed E-state index contributed by atoms with van der Waals surface area (Å²) in [5, 5.41) is 0.665. The summed E-state index contributed by atoms with van der Waals surface area (Å²) in [5.41, 5.74) is 4.98. The van der Waals surface area contributed by atoms with Crippen LogP contribution in [0.1, 0.15) is 48.7 Å². The highest BCUT2D eigenvalue weighted by atomic mass is 32.2. The minimum Gasteiger partial charge on any atom is -0.316 e. The number of hydrogen-bond acceptors (Lipinski definition) is 4. The van der Waals surface area contributed by atoms with Crippen molar-refractivity contribution in [3.63, 3.8) is 0 Å². The second-order valence-electron chi connectivity index (χ2n) is 8.28. The number of aromatic nitrogens is 2. The topological polar surface area (TPSA) is 55.2 Å². The predicted molar refractivity (Wildman–Crippen MR) is 124 cm³/mol. The first-order chi connectivity index (χ1) is 15.0. The van der Waals surface area contributed by atoms with Crippen LogP contribution >= 0.6 is 11.8 Å². The van der Waals surface area contributed by atoms with E-state index < -0.39 is 0 Å². The van der Waals surface area contributed by atoms with Crippen LogP contribution in [-0.4, -0.2) is 33.0 Å². The van der Waals surface area contributed by atoms with Crippen LogP contribution in [-0.2, 0) is 11.2 Å². The van der Waals surface area contributed by atoms with Gasteiger partial charge < -0.3 is 9.47 Å². The Morgan fingerprint density at radius 1 is 1.13 bits per heavy atom. The lowest BCUT2D eigenvalue weighted by Crippen LogP contribution is -2.25. The summed E-state index contributed by atoms with van der Waals surface area (Å²) in [5.74, 6) is 0.142. The number of hydrogen-bond donors (Lipinski definition) is 0. The highest BCUT2D eigenvalue weighted by molar-refractivity contribution is 8.00. The van der Waals surface area contributed by atoms with Crippen LogP contribution in [0.25, 0.3) is 11.3 Å². The number of amides is 1. The molecule has 3 aromatic rings. The molecule has 0 saturated heterocycles. The Morgan fingerprint density at radius 2 is 1.90 bits per heavy atom. The van der Waals surface area contributed by atoms with Gasteiger partial charge >= 0.3 is 0 Å². The molecule has 0 N–H and O–H groups in total. The Kier molecular flexibility index (Phi) is 5.18. The van der Waals surface area contributed by atoms with Gasteiger partial charge in [-0.1, -0.05) is 42.1 Å². The number of carbonyl (C=O) groups excluding carboxylic acids is 2. The number of ketones is 1. The summed E-state index contributed by atoms with van der Waals surface area (Å²) in [6.07, 6.45) is 5.04. The maximum absolute atomic E-state index is 13.2. The molecule has 31 heavy (non-hydrogen) atoms. The molecular formula is C25H25N3O2S. The number of carbonyl (C=O) groups is 2. The average molecular weight is 432 g/mol. The van der Waals surface area contributed by atoms with Crippen molar-refractivity contribution in [2.24, 2.45) is 0 Å². The predicted octanol–water partition coefficient (Wildman–Crippen LogP) is 5.16. The van der Waals surface area contributed by atoms with Crippen molar-refractivity contribution in [3.05, 3.63) is 65.9 Å². The molecule has 1 aliphatic heterocycles. The molecule has 1 fully saturated rings. The van der Waals surface area contributed by atoms with Gasteiger partial charge in [-0.3, -0.25) is 9.59 Å². The van der Waals surface area contributed by atoms with Gasteiger partial charge in [-0.2, -0.15) is 0 Å². The van der Waals surface area contributed by atoms with Gasteiger partial charge in [-0.25, -0.2) is 4.98 Å². The summed E-state index contributed by atoms with van der Waals surface area (Å²) >= 11 is 1.53. The summed E-state index contributed by atoms with van der Waals surface area (Å²) in [6, 6.07) is 16.5. The molecule has 0 spiro atoms. The van der Waals surface area contributed by atoms with Crippen molar-refractivity contribution in [1.82, 2.24) is 9.55 Å². The van der Waals surface area contributed by atoms with Crippen LogP contribution in [0.5, 0.6) is 0 Å². The van der Waals surface area contributed by atoms with E-state index in [2.05, 4.69) is 21.7 Å². The SMILES string of the molecule is CC(=O)N1CCc2cc(C(=O)C(C)Sc3ncc(-c4ccccc4)n3C3CC3)ccc21. The molecule has 1 atom stereocenters. The Balaban J connectivity index is 1.38.